The van der Waals surface area contributed by atoms with Gasteiger partial charge in [-0.15, -0.1) is 0 Å². The molecule has 0 amide bonds. The van der Waals surface area contributed by atoms with Crippen molar-refractivity contribution in [2.45, 2.75) is 115 Å². The zero-order valence-electron chi connectivity index (χ0n) is 16.4. The second-order valence-electron chi connectivity index (χ2n) is 9.94. The summed E-state index contributed by atoms with van der Waals surface area (Å²) >= 11 is 0. The first-order valence-corrected chi connectivity index (χ1v) is 11.4. The predicted octanol–water partition coefficient (Wildman–Crippen LogP) is 6.42. The van der Waals surface area contributed by atoms with Crippen LogP contribution in [0.2, 0.25) is 0 Å². The van der Waals surface area contributed by atoms with Crippen LogP contribution in [0, 0.1) is 23.2 Å². The van der Waals surface area contributed by atoms with Crippen LogP contribution in [0.4, 0.5) is 0 Å². The van der Waals surface area contributed by atoms with Crippen LogP contribution in [0.25, 0.3) is 0 Å². The molecule has 0 aromatic rings. The Labute approximate surface area is 154 Å². The van der Waals surface area contributed by atoms with Gasteiger partial charge in [0, 0.05) is 0 Å². The Morgan fingerprint density at radius 2 is 1.68 bits per heavy atom. The van der Waals surface area contributed by atoms with Crippen LogP contribution in [-0.4, -0.2) is 11.6 Å². The average molecular weight is 347 g/mol. The van der Waals surface area contributed by atoms with Gasteiger partial charge in [0.25, 0.3) is 0 Å². The van der Waals surface area contributed by atoms with Crippen molar-refractivity contribution in [3.63, 3.8) is 0 Å². The monoisotopic (exact) mass is 346 g/mol. The molecule has 0 N–H and O–H groups in total. The molecule has 0 aromatic carbocycles. The number of ether oxygens (including phenoxy) is 1. The van der Waals surface area contributed by atoms with E-state index in [1.807, 2.05) is 0 Å². The van der Waals surface area contributed by atoms with E-state index < -0.39 is 0 Å². The SMILES string of the molecule is CC[C@@]1(OC(=O)C2(CC3CCCCC3)CCCCC2)C[C@H]2CC[C@@H]1C2. The lowest BCUT2D eigenvalue weighted by Crippen LogP contribution is -2.46. The van der Waals surface area contributed by atoms with Crippen LogP contribution in [-0.2, 0) is 9.53 Å². The highest BCUT2D eigenvalue weighted by Gasteiger charge is 2.54. The van der Waals surface area contributed by atoms with Crippen LogP contribution in [0.5, 0.6) is 0 Å². The minimum absolute atomic E-state index is 0.100. The Bertz CT molecular complexity index is 472. The number of carbonyl (C=O) groups is 1. The topological polar surface area (TPSA) is 26.3 Å². The maximum Gasteiger partial charge on any atom is 0.312 e. The average Bonchev–Trinajstić information content (AvgIpc) is 3.25. The number of esters is 1. The Morgan fingerprint density at radius 1 is 0.960 bits per heavy atom. The van der Waals surface area contributed by atoms with Gasteiger partial charge >= 0.3 is 5.97 Å². The van der Waals surface area contributed by atoms with Gasteiger partial charge in [0.2, 0.25) is 0 Å². The van der Waals surface area contributed by atoms with Gasteiger partial charge in [-0.05, 0) is 69.1 Å². The van der Waals surface area contributed by atoms with E-state index in [0.717, 1.165) is 43.9 Å². The van der Waals surface area contributed by atoms with Crippen molar-refractivity contribution < 1.29 is 9.53 Å². The van der Waals surface area contributed by atoms with Gasteiger partial charge in [0.1, 0.15) is 5.60 Å². The normalized spacial score (nSPS) is 38.0. The third-order valence-corrected chi connectivity index (χ3v) is 8.46. The van der Waals surface area contributed by atoms with Crippen LogP contribution >= 0.6 is 0 Å². The van der Waals surface area contributed by atoms with E-state index in [1.165, 1.54) is 70.6 Å². The van der Waals surface area contributed by atoms with Crippen LogP contribution < -0.4 is 0 Å². The second-order valence-corrected chi connectivity index (χ2v) is 9.94. The molecule has 2 bridgehead atoms. The van der Waals surface area contributed by atoms with E-state index in [9.17, 15) is 4.79 Å². The number of rotatable bonds is 5. The molecule has 4 saturated carbocycles. The quantitative estimate of drug-likeness (QED) is 0.537. The second kappa shape index (κ2) is 7.24. The fraction of sp³-hybridized carbons (Fsp3) is 0.957. The maximum atomic E-state index is 13.6. The Kier molecular flexibility index (Phi) is 5.17. The van der Waals surface area contributed by atoms with Gasteiger partial charge in [-0.25, -0.2) is 0 Å². The lowest BCUT2D eigenvalue weighted by molar-refractivity contribution is -0.183. The zero-order valence-corrected chi connectivity index (χ0v) is 16.4. The summed E-state index contributed by atoms with van der Waals surface area (Å²) < 4.78 is 6.53. The fourth-order valence-electron chi connectivity index (χ4n) is 6.98. The van der Waals surface area contributed by atoms with Crippen molar-refractivity contribution in [1.82, 2.24) is 0 Å². The first-order chi connectivity index (χ1) is 12.2. The number of carbonyl (C=O) groups excluding carboxylic acids is 1. The minimum atomic E-state index is -0.135. The molecule has 0 saturated heterocycles. The molecule has 2 heteroatoms. The smallest absolute Gasteiger partial charge is 0.312 e. The summed E-state index contributed by atoms with van der Waals surface area (Å²) in [5.74, 6) is 2.48. The van der Waals surface area contributed by atoms with Gasteiger partial charge in [-0.1, -0.05) is 58.3 Å². The van der Waals surface area contributed by atoms with E-state index >= 15 is 0 Å². The van der Waals surface area contributed by atoms with Gasteiger partial charge in [0.15, 0.2) is 0 Å². The lowest BCUT2D eigenvalue weighted by Gasteiger charge is -2.43. The highest BCUT2D eigenvalue weighted by Crippen LogP contribution is 2.55. The molecule has 3 atom stereocenters. The van der Waals surface area contributed by atoms with Crippen molar-refractivity contribution >= 4 is 5.97 Å². The lowest BCUT2D eigenvalue weighted by atomic mass is 9.66. The summed E-state index contributed by atoms with van der Waals surface area (Å²) in [5.41, 5.74) is -0.235. The predicted molar refractivity (Wildman–Crippen MR) is 101 cm³/mol. The van der Waals surface area contributed by atoms with Crippen molar-refractivity contribution in [1.29, 1.82) is 0 Å². The van der Waals surface area contributed by atoms with E-state index in [-0.39, 0.29) is 17.0 Å². The molecule has 0 unspecified atom stereocenters. The molecular weight excluding hydrogens is 308 g/mol. The Morgan fingerprint density at radius 3 is 2.28 bits per heavy atom. The first kappa shape index (κ1) is 17.9. The molecule has 25 heavy (non-hydrogen) atoms. The molecule has 0 spiro atoms. The molecular formula is C23H38O2. The number of fused-ring (bicyclic) bond motifs is 2. The first-order valence-electron chi connectivity index (χ1n) is 11.4. The van der Waals surface area contributed by atoms with Gasteiger partial charge in [-0.2, -0.15) is 0 Å². The van der Waals surface area contributed by atoms with Crippen LogP contribution in [0.1, 0.15) is 110 Å². The third-order valence-electron chi connectivity index (χ3n) is 8.46. The van der Waals surface area contributed by atoms with Gasteiger partial charge in [0.05, 0.1) is 5.41 Å². The molecule has 4 fully saturated rings. The van der Waals surface area contributed by atoms with Gasteiger partial charge < -0.3 is 4.74 Å². The Balaban J connectivity index is 1.49. The van der Waals surface area contributed by atoms with E-state index in [1.54, 1.807) is 0 Å². The van der Waals surface area contributed by atoms with Crippen molar-refractivity contribution in [2.75, 3.05) is 0 Å². The van der Waals surface area contributed by atoms with E-state index in [0.29, 0.717) is 5.92 Å². The molecule has 0 aromatic heterocycles. The highest BCUT2D eigenvalue weighted by atomic mass is 16.6. The number of hydrogen-bond acceptors (Lipinski definition) is 2. The van der Waals surface area contributed by atoms with Crippen molar-refractivity contribution in [3.05, 3.63) is 0 Å². The van der Waals surface area contributed by atoms with Crippen molar-refractivity contribution in [2.24, 2.45) is 23.2 Å². The zero-order chi connectivity index (χ0) is 17.3. The molecule has 0 radical (unpaired) electrons. The third kappa shape index (κ3) is 3.39. The molecule has 4 aliphatic rings. The molecule has 142 valence electrons. The maximum absolute atomic E-state index is 13.6. The molecule has 2 nitrogen and oxygen atoms in total. The molecule has 4 rings (SSSR count). The largest absolute Gasteiger partial charge is 0.458 e. The molecule has 0 aliphatic heterocycles. The summed E-state index contributed by atoms with van der Waals surface area (Å²) in [6.45, 7) is 2.25. The Hall–Kier alpha value is -0.530. The summed E-state index contributed by atoms with van der Waals surface area (Å²) in [7, 11) is 0. The van der Waals surface area contributed by atoms with E-state index in [4.69, 9.17) is 4.74 Å². The summed E-state index contributed by atoms with van der Waals surface area (Å²) in [6.07, 6.45) is 20.1. The molecule has 4 aliphatic carbocycles. The van der Waals surface area contributed by atoms with Crippen molar-refractivity contribution in [3.8, 4) is 0 Å². The summed E-state index contributed by atoms with van der Waals surface area (Å²) in [6, 6.07) is 0. The highest BCUT2D eigenvalue weighted by molar-refractivity contribution is 5.77. The fourth-order valence-corrected chi connectivity index (χ4v) is 6.98. The van der Waals surface area contributed by atoms with Gasteiger partial charge in [-0.3, -0.25) is 4.79 Å². The standard InChI is InChI=1S/C23H38O2/c1-2-23(17-19-11-12-20(23)15-19)25-21(24)22(13-7-4-8-14-22)16-18-9-5-3-6-10-18/h18-20H,2-17H2,1H3/t19-,20+,23+/m0/s1. The number of hydrogen-bond donors (Lipinski definition) is 0. The molecule has 0 heterocycles. The van der Waals surface area contributed by atoms with Crippen LogP contribution in [0.3, 0.4) is 0 Å². The summed E-state index contributed by atoms with van der Waals surface area (Å²) in [4.78, 5) is 13.6. The summed E-state index contributed by atoms with van der Waals surface area (Å²) in [5, 5.41) is 0. The minimum Gasteiger partial charge on any atom is -0.458 e. The van der Waals surface area contributed by atoms with E-state index in [2.05, 4.69) is 6.92 Å². The van der Waals surface area contributed by atoms with Crippen LogP contribution in [0.15, 0.2) is 0 Å².